The molecule has 3 aliphatic rings. The van der Waals surface area contributed by atoms with Crippen LogP contribution in [0.15, 0.2) is 83.4 Å². The molecule has 1 saturated heterocycles. The van der Waals surface area contributed by atoms with E-state index < -0.39 is 12.2 Å². The molecule has 1 aliphatic carbocycles. The molecular weight excluding hydrogens is 789 g/mol. The third-order valence-corrected chi connectivity index (χ3v) is 11.9. The van der Waals surface area contributed by atoms with Gasteiger partial charge in [-0.25, -0.2) is 0 Å². The maximum Gasteiger partial charge on any atom is 0.302 e. The average Bonchev–Trinajstić information content (AvgIpc) is 3.25. The Balaban J connectivity index is 1.11. The minimum Gasteiger partial charge on any atom is -0.504 e. The van der Waals surface area contributed by atoms with Crippen molar-refractivity contribution in [2.24, 2.45) is 22.4 Å². The van der Waals surface area contributed by atoms with Gasteiger partial charge in [0.15, 0.2) is 29.0 Å². The predicted molar refractivity (Wildman–Crippen MR) is 239 cm³/mol. The number of phenolic OH excluding ortho intramolecular Hbond substituents is 3. The van der Waals surface area contributed by atoms with Gasteiger partial charge in [-0.3, -0.25) is 14.8 Å². The van der Waals surface area contributed by atoms with Crippen LogP contribution in [0.5, 0.6) is 28.7 Å². The number of hydrogen-bond donors (Lipinski definition) is 7. The fourth-order valence-electron chi connectivity index (χ4n) is 8.74. The van der Waals surface area contributed by atoms with Gasteiger partial charge in [0.05, 0.1) is 24.6 Å². The van der Waals surface area contributed by atoms with Gasteiger partial charge in [-0.1, -0.05) is 44.4 Å². The molecule has 6 atom stereocenters. The summed E-state index contributed by atoms with van der Waals surface area (Å²) < 4.78 is 25.2. The number of rotatable bonds is 20. The molecule has 3 heterocycles. The molecule has 3 aromatic rings. The summed E-state index contributed by atoms with van der Waals surface area (Å²) in [4.78, 5) is 21.0. The van der Waals surface area contributed by atoms with Crippen LogP contribution in [-0.4, -0.2) is 76.3 Å². The highest BCUT2D eigenvalue weighted by Crippen LogP contribution is 2.44. The Morgan fingerprint density at radius 3 is 2.68 bits per heavy atom. The Morgan fingerprint density at radius 1 is 1.02 bits per heavy atom. The van der Waals surface area contributed by atoms with E-state index in [1.54, 1.807) is 24.5 Å². The van der Waals surface area contributed by atoms with Crippen LogP contribution < -0.4 is 31.6 Å². The normalized spacial score (nSPS) is 22.1. The van der Waals surface area contributed by atoms with Crippen molar-refractivity contribution >= 4 is 11.9 Å². The predicted octanol–water partition coefficient (Wildman–Crippen LogP) is 7.12. The van der Waals surface area contributed by atoms with Crippen molar-refractivity contribution in [3.63, 3.8) is 0 Å². The zero-order valence-corrected chi connectivity index (χ0v) is 36.3. The second-order valence-corrected chi connectivity index (χ2v) is 16.9. The summed E-state index contributed by atoms with van der Waals surface area (Å²) in [5.41, 5.74) is 16.0. The van der Waals surface area contributed by atoms with Crippen molar-refractivity contribution in [1.82, 2.24) is 15.6 Å². The van der Waals surface area contributed by atoms with Crippen LogP contribution >= 0.6 is 0 Å². The number of aromatic hydroxyl groups is 3. The van der Waals surface area contributed by atoms with Gasteiger partial charge in [0, 0.05) is 64.1 Å². The number of carbonyl (C=O) groups excluding carboxylic acids is 1. The topological polar surface area (TPSA) is 216 Å². The van der Waals surface area contributed by atoms with Crippen LogP contribution in [0, 0.1) is 5.92 Å². The summed E-state index contributed by atoms with van der Waals surface area (Å²) in [5, 5.41) is 39.0. The lowest BCUT2D eigenvalue weighted by Crippen LogP contribution is -2.44. The van der Waals surface area contributed by atoms with Crippen molar-refractivity contribution in [3.05, 3.63) is 95.1 Å². The minimum absolute atomic E-state index is 0.0391. The molecule has 1 aromatic heterocycles. The largest absolute Gasteiger partial charge is 0.504 e. The smallest absolute Gasteiger partial charge is 0.302 e. The lowest BCUT2D eigenvalue weighted by Gasteiger charge is -2.39. The SMILES string of the molecule is CCCCCC(Cc1ccc(O)c(OC2CCCC(NC(N)=NCCCC3=CCNC(N)=C3)C2)c1)C1CC(OC(C)=O)CC(c2cc(O)c(O)c(OCCc3cccnc3)c2)O1. The molecule has 6 rings (SSSR count). The summed E-state index contributed by atoms with van der Waals surface area (Å²) in [6.45, 7) is 5.21. The third kappa shape index (κ3) is 13.9. The van der Waals surface area contributed by atoms with Crippen molar-refractivity contribution in [1.29, 1.82) is 0 Å². The average molecular weight is 855 g/mol. The number of ether oxygens (including phenoxy) is 4. The molecule has 9 N–H and O–H groups in total. The fourth-order valence-corrected chi connectivity index (χ4v) is 8.74. The van der Waals surface area contributed by atoms with Crippen LogP contribution in [0.1, 0.15) is 114 Å². The Kier molecular flexibility index (Phi) is 17.0. The van der Waals surface area contributed by atoms with Crippen molar-refractivity contribution < 1.29 is 39.1 Å². The molecule has 2 aliphatic heterocycles. The second kappa shape index (κ2) is 23.0. The van der Waals surface area contributed by atoms with Gasteiger partial charge in [0.2, 0.25) is 5.75 Å². The van der Waals surface area contributed by atoms with E-state index in [9.17, 15) is 20.1 Å². The quantitative estimate of drug-likeness (QED) is 0.0199. The van der Waals surface area contributed by atoms with Gasteiger partial charge in [-0.2, -0.15) is 0 Å². The first-order valence-electron chi connectivity index (χ1n) is 22.4. The highest BCUT2D eigenvalue weighted by atomic mass is 16.6. The fraction of sp³-hybridized carbons (Fsp3) is 0.521. The summed E-state index contributed by atoms with van der Waals surface area (Å²) in [6.07, 6.45) is 17.5. The summed E-state index contributed by atoms with van der Waals surface area (Å²) in [6, 6.07) is 12.7. The van der Waals surface area contributed by atoms with Gasteiger partial charge >= 0.3 is 5.97 Å². The highest BCUT2D eigenvalue weighted by molar-refractivity contribution is 5.78. The van der Waals surface area contributed by atoms with Crippen molar-refractivity contribution in [2.75, 3.05) is 19.7 Å². The standard InChI is InChI=1S/C48H66N6O8/c1-3-4-5-11-35(42-28-39(60-31(2)55)29-43(62-42)36-25-41(57)47(58)45(26-36)59-21-17-33-10-7-18-51-30-33)22-34-14-15-40(56)44(23-34)61-38-13-6-12-37(27-38)54-48(50)53-19-8-9-32-16-20-52-46(49)24-32/h7,10,14-16,18,23-26,30,35,37-39,42-43,52,56-58H,3-6,8-9,11-13,17,19-22,27-29,49H2,1-2H3,(H3,50,53,54). The van der Waals surface area contributed by atoms with Crippen LogP contribution in [0.25, 0.3) is 0 Å². The molecule has 14 heteroatoms. The zero-order chi connectivity index (χ0) is 43.8. The lowest BCUT2D eigenvalue weighted by molar-refractivity contribution is -0.165. The Hall–Kier alpha value is -5.63. The monoisotopic (exact) mass is 854 g/mol. The summed E-state index contributed by atoms with van der Waals surface area (Å²) in [7, 11) is 0. The minimum atomic E-state index is -0.543. The summed E-state index contributed by atoms with van der Waals surface area (Å²) in [5.74, 6) is 0.804. The van der Waals surface area contributed by atoms with Gasteiger partial charge in [-0.15, -0.1) is 0 Å². The first-order valence-corrected chi connectivity index (χ1v) is 22.4. The molecule has 14 nitrogen and oxygen atoms in total. The van der Waals surface area contributed by atoms with Crippen LogP contribution in [-0.2, 0) is 27.1 Å². The molecule has 2 aromatic carbocycles. The first kappa shape index (κ1) is 45.9. The number of nitrogens with zero attached hydrogens (tertiary/aromatic N) is 2. The number of unbranched alkanes of at least 4 members (excludes halogenated alkanes) is 2. The lowest BCUT2D eigenvalue weighted by atomic mass is 9.83. The van der Waals surface area contributed by atoms with Crippen LogP contribution in [0.4, 0.5) is 0 Å². The number of hydrogen-bond acceptors (Lipinski definition) is 12. The number of aliphatic imine (C=N–C) groups is 1. The Labute approximate surface area is 365 Å². The Bertz CT molecular complexity index is 2010. The number of guanidine groups is 1. The molecular formula is C48H66N6O8. The number of phenols is 3. The van der Waals surface area contributed by atoms with E-state index in [0.29, 0.717) is 55.3 Å². The number of dihydropyridines is 1. The van der Waals surface area contributed by atoms with E-state index in [4.69, 9.17) is 30.4 Å². The maximum atomic E-state index is 12.3. The maximum absolute atomic E-state index is 12.3. The number of allylic oxidation sites excluding steroid dienone is 2. The number of esters is 1. The molecule has 0 radical (unpaired) electrons. The van der Waals surface area contributed by atoms with E-state index >= 15 is 0 Å². The summed E-state index contributed by atoms with van der Waals surface area (Å²) >= 11 is 0. The number of carbonyl (C=O) groups is 1. The van der Waals surface area contributed by atoms with Gasteiger partial charge in [0.1, 0.15) is 12.2 Å². The third-order valence-electron chi connectivity index (χ3n) is 11.9. The second-order valence-electron chi connectivity index (χ2n) is 16.9. The van der Waals surface area contributed by atoms with E-state index in [1.165, 1.54) is 18.6 Å². The molecule has 2 fully saturated rings. The van der Waals surface area contributed by atoms with Crippen LogP contribution in [0.3, 0.4) is 0 Å². The van der Waals surface area contributed by atoms with E-state index in [1.807, 2.05) is 30.3 Å². The molecule has 0 bridgehead atoms. The zero-order valence-electron chi connectivity index (χ0n) is 36.3. The molecule has 0 amide bonds. The van der Waals surface area contributed by atoms with Crippen LogP contribution in [0.2, 0.25) is 0 Å². The van der Waals surface area contributed by atoms with E-state index in [2.05, 4.69) is 33.6 Å². The van der Waals surface area contributed by atoms with E-state index in [0.717, 1.165) is 81.9 Å². The van der Waals surface area contributed by atoms with Crippen molar-refractivity contribution in [2.45, 2.75) is 134 Å². The number of nitrogens with one attached hydrogen (secondary N) is 2. The number of aromatic nitrogens is 1. The molecule has 0 spiro atoms. The highest BCUT2D eigenvalue weighted by Gasteiger charge is 2.37. The molecule has 62 heavy (non-hydrogen) atoms. The Morgan fingerprint density at radius 2 is 1.89 bits per heavy atom. The first-order chi connectivity index (χ1) is 30.0. The molecule has 336 valence electrons. The van der Waals surface area contributed by atoms with Crippen molar-refractivity contribution in [3.8, 4) is 28.7 Å². The number of benzene rings is 2. The number of nitrogens with two attached hydrogens (primary N) is 2. The number of pyridine rings is 1. The van der Waals surface area contributed by atoms with E-state index in [-0.39, 0.29) is 59.7 Å². The molecule has 6 unspecified atom stereocenters. The molecule has 1 saturated carbocycles. The van der Waals surface area contributed by atoms with Gasteiger partial charge in [-0.05, 0) is 110 Å². The van der Waals surface area contributed by atoms with Gasteiger partial charge in [0.25, 0.3) is 0 Å². The van der Waals surface area contributed by atoms with Gasteiger partial charge < -0.3 is 56.4 Å².